The van der Waals surface area contributed by atoms with Gasteiger partial charge in [-0.15, -0.1) is 0 Å². The Bertz CT molecular complexity index is 1590. The van der Waals surface area contributed by atoms with Crippen LogP contribution in [0.1, 0.15) is 115 Å². The maximum absolute atomic E-state index is 13.7. The molecule has 0 aliphatic carbocycles. The Hall–Kier alpha value is -5.18. The van der Waals surface area contributed by atoms with Crippen molar-refractivity contribution in [3.63, 3.8) is 0 Å². The number of carbonyl (C=O) groups is 10. The molecule has 0 aromatic rings. The molecular weight excluding hydrogens is 823 g/mol. The van der Waals surface area contributed by atoms with Crippen molar-refractivity contribution in [3.05, 3.63) is 0 Å². The molecular formula is C42H75N9O12. The molecule has 10 atom stereocenters. The molecule has 360 valence electrons. The predicted octanol–water partition coefficient (Wildman–Crippen LogP) is -1.26. The predicted molar refractivity (Wildman–Crippen MR) is 233 cm³/mol. The van der Waals surface area contributed by atoms with E-state index in [0.717, 1.165) is 0 Å². The molecule has 12 N–H and O–H groups in total. The van der Waals surface area contributed by atoms with Gasteiger partial charge in [-0.05, 0) is 56.3 Å². The van der Waals surface area contributed by atoms with Crippen molar-refractivity contribution in [2.24, 2.45) is 35.3 Å². The molecule has 0 unspecified atom stereocenters. The van der Waals surface area contributed by atoms with Gasteiger partial charge in [0.05, 0.1) is 37.3 Å². The summed E-state index contributed by atoms with van der Waals surface area (Å²) in [7, 11) is 0. The standard InChI is InChI=1S/C42H75N9O12/c1-13-23(9)34(50-31(54)18-44-38(58)28(15-20(3)4)47-37(57)25(11)43)36(56)41(61)45-19-32(55)51-35(24(10)14-2)40(60)48-29(16-21(5)6)39(59)46-27(26(12)52)17-30(53)49-33(22(7)8)42(62)63/h20-29,33-35,52H,13-19,43H2,1-12H3,(H,44,58)(H,45,61)(H,46,59)(H,47,57)(H,48,60)(H,49,53)(H,50,54)(H,51,55)(H,62,63)/t23-,24-,25-,26+,27+,28-,29-,33-,34-,35-/m0/s1. The van der Waals surface area contributed by atoms with Gasteiger partial charge in [0.1, 0.15) is 24.2 Å². The summed E-state index contributed by atoms with van der Waals surface area (Å²) < 4.78 is 0. The van der Waals surface area contributed by atoms with Crippen molar-refractivity contribution in [2.75, 3.05) is 13.1 Å². The van der Waals surface area contributed by atoms with Crippen LogP contribution in [0.15, 0.2) is 0 Å². The molecule has 0 aliphatic rings. The van der Waals surface area contributed by atoms with Gasteiger partial charge < -0.3 is 58.5 Å². The third-order valence-electron chi connectivity index (χ3n) is 10.3. The van der Waals surface area contributed by atoms with Gasteiger partial charge >= 0.3 is 5.97 Å². The van der Waals surface area contributed by atoms with E-state index in [2.05, 4.69) is 42.5 Å². The van der Waals surface area contributed by atoms with Gasteiger partial charge in [-0.3, -0.25) is 43.2 Å². The van der Waals surface area contributed by atoms with Crippen LogP contribution in [0.4, 0.5) is 0 Å². The second-order valence-electron chi connectivity index (χ2n) is 17.5. The summed E-state index contributed by atoms with van der Waals surface area (Å²) in [6.07, 6.45) is -0.562. The third-order valence-corrected chi connectivity index (χ3v) is 10.3. The van der Waals surface area contributed by atoms with E-state index in [4.69, 9.17) is 5.73 Å². The Morgan fingerprint density at radius 3 is 1.41 bits per heavy atom. The van der Waals surface area contributed by atoms with E-state index in [9.17, 15) is 58.2 Å². The number of ketones is 1. The second-order valence-corrected chi connectivity index (χ2v) is 17.5. The van der Waals surface area contributed by atoms with Crippen LogP contribution in [0.3, 0.4) is 0 Å². The minimum absolute atomic E-state index is 0.00674. The first-order chi connectivity index (χ1) is 29.2. The van der Waals surface area contributed by atoms with Gasteiger partial charge in [-0.1, -0.05) is 82.1 Å². The van der Waals surface area contributed by atoms with Gasteiger partial charge in [-0.25, -0.2) is 4.79 Å². The lowest BCUT2D eigenvalue weighted by Crippen LogP contribution is -2.59. The van der Waals surface area contributed by atoms with Crippen LogP contribution >= 0.6 is 0 Å². The molecule has 0 rings (SSSR count). The zero-order valence-corrected chi connectivity index (χ0v) is 39.0. The third kappa shape index (κ3) is 21.6. The number of Topliss-reactive ketones (excluding diaryl/α,β-unsaturated/α-hetero) is 1. The number of aliphatic carboxylic acids is 1. The van der Waals surface area contributed by atoms with Crippen LogP contribution in [0.2, 0.25) is 0 Å². The first kappa shape index (κ1) is 57.8. The number of rotatable bonds is 29. The number of carboxylic acids is 1. The highest BCUT2D eigenvalue weighted by atomic mass is 16.4. The normalized spacial score (nSPS) is 16.1. The Kier molecular flexibility index (Phi) is 26.2. The summed E-state index contributed by atoms with van der Waals surface area (Å²) in [5.41, 5.74) is 5.61. The summed E-state index contributed by atoms with van der Waals surface area (Å²) >= 11 is 0. The average molecular weight is 898 g/mol. The molecule has 63 heavy (non-hydrogen) atoms. The van der Waals surface area contributed by atoms with Crippen molar-refractivity contribution in [3.8, 4) is 0 Å². The maximum atomic E-state index is 13.7. The smallest absolute Gasteiger partial charge is 0.326 e. The van der Waals surface area contributed by atoms with Crippen molar-refractivity contribution in [1.29, 1.82) is 0 Å². The van der Waals surface area contributed by atoms with Crippen LogP contribution in [0.25, 0.3) is 0 Å². The van der Waals surface area contributed by atoms with E-state index in [1.54, 1.807) is 55.4 Å². The number of hydrogen-bond donors (Lipinski definition) is 11. The molecule has 0 aromatic carbocycles. The number of carbonyl (C=O) groups excluding carboxylic acids is 9. The average Bonchev–Trinajstić information content (AvgIpc) is 3.19. The molecule has 21 nitrogen and oxygen atoms in total. The number of hydrogen-bond acceptors (Lipinski definition) is 12. The molecule has 0 bridgehead atoms. The topological polar surface area (TPSA) is 333 Å². The highest BCUT2D eigenvalue weighted by Gasteiger charge is 2.35. The summed E-state index contributed by atoms with van der Waals surface area (Å²) in [5.74, 6) is -10.1. The Labute approximate surface area is 371 Å². The molecule has 0 heterocycles. The fraction of sp³-hybridized carbons (Fsp3) is 0.762. The largest absolute Gasteiger partial charge is 0.480 e. The van der Waals surface area contributed by atoms with Crippen molar-refractivity contribution in [1.82, 2.24) is 42.5 Å². The number of aliphatic hydroxyl groups is 1. The lowest BCUT2D eigenvalue weighted by Gasteiger charge is -2.29. The lowest BCUT2D eigenvalue weighted by atomic mass is 9.94. The van der Waals surface area contributed by atoms with E-state index in [0.29, 0.717) is 12.8 Å². The zero-order chi connectivity index (χ0) is 48.9. The highest BCUT2D eigenvalue weighted by molar-refractivity contribution is 6.38. The number of aliphatic hydroxyl groups excluding tert-OH is 1. The molecule has 0 aromatic heterocycles. The maximum Gasteiger partial charge on any atom is 0.326 e. The number of amides is 8. The number of nitrogens with two attached hydrogens (primary N) is 1. The summed E-state index contributed by atoms with van der Waals surface area (Å²) in [4.78, 5) is 129. The second kappa shape index (κ2) is 28.5. The molecule has 21 heteroatoms. The van der Waals surface area contributed by atoms with E-state index in [-0.39, 0.29) is 24.7 Å². The number of nitrogens with one attached hydrogen (secondary N) is 8. The van der Waals surface area contributed by atoms with Crippen LogP contribution < -0.4 is 48.3 Å². The first-order valence-corrected chi connectivity index (χ1v) is 21.7. The van der Waals surface area contributed by atoms with Crippen LogP contribution in [0, 0.1) is 29.6 Å². The van der Waals surface area contributed by atoms with Gasteiger partial charge in [-0.2, -0.15) is 0 Å². The quantitative estimate of drug-likeness (QED) is 0.0391. The monoisotopic (exact) mass is 898 g/mol. The lowest BCUT2D eigenvalue weighted by molar-refractivity contribution is -0.143. The van der Waals surface area contributed by atoms with Crippen molar-refractivity contribution in [2.45, 2.75) is 164 Å². The first-order valence-electron chi connectivity index (χ1n) is 21.7. The number of carboxylic acid groups (broad SMARTS) is 1. The minimum Gasteiger partial charge on any atom is -0.480 e. The van der Waals surface area contributed by atoms with Crippen molar-refractivity contribution < 1.29 is 58.2 Å². The zero-order valence-electron chi connectivity index (χ0n) is 39.0. The molecule has 0 saturated carbocycles. The van der Waals surface area contributed by atoms with E-state index < -0.39 is 145 Å². The molecule has 0 spiro atoms. The molecule has 0 radical (unpaired) electrons. The van der Waals surface area contributed by atoms with Gasteiger partial charge in [0, 0.05) is 6.42 Å². The van der Waals surface area contributed by atoms with E-state index in [1.165, 1.54) is 13.8 Å². The highest BCUT2D eigenvalue weighted by Crippen LogP contribution is 2.13. The van der Waals surface area contributed by atoms with Crippen LogP contribution in [0.5, 0.6) is 0 Å². The summed E-state index contributed by atoms with van der Waals surface area (Å²) in [6, 6.07) is -7.92. The fourth-order valence-electron chi connectivity index (χ4n) is 6.07. The van der Waals surface area contributed by atoms with Crippen molar-refractivity contribution >= 4 is 59.0 Å². The molecule has 0 aliphatic heterocycles. The Balaban J connectivity index is 5.82. The molecule has 0 saturated heterocycles. The van der Waals surface area contributed by atoms with Gasteiger partial charge in [0.2, 0.25) is 47.1 Å². The molecule has 0 fully saturated rings. The Morgan fingerprint density at radius 2 is 0.968 bits per heavy atom. The van der Waals surface area contributed by atoms with E-state index in [1.807, 2.05) is 13.8 Å². The Morgan fingerprint density at radius 1 is 0.524 bits per heavy atom. The van der Waals surface area contributed by atoms with Crippen LogP contribution in [-0.4, -0.2) is 131 Å². The van der Waals surface area contributed by atoms with Gasteiger partial charge in [0.25, 0.3) is 5.91 Å². The minimum atomic E-state index is -1.33. The SMILES string of the molecule is CC[C@H](C)[C@H](NC(=O)CNC(=O)C(=O)[C@@H](NC(=O)CNC(=O)[C@H](CC(C)C)NC(=O)[C@H](C)N)[C@@H](C)CC)C(=O)N[C@@H](CC(C)C)C(=O)N[C@H](CC(=O)N[C@H](C(=O)O)C(C)C)[C@@H](C)O. The fourth-order valence-corrected chi connectivity index (χ4v) is 6.07. The van der Waals surface area contributed by atoms with Gasteiger partial charge in [0.15, 0.2) is 0 Å². The van der Waals surface area contributed by atoms with E-state index >= 15 is 0 Å². The summed E-state index contributed by atoms with van der Waals surface area (Å²) in [5, 5.41) is 39.7. The molecule has 8 amide bonds. The van der Waals surface area contributed by atoms with Crippen LogP contribution in [-0.2, 0) is 47.9 Å². The summed E-state index contributed by atoms with van der Waals surface area (Å²) in [6.45, 7) is 18.8.